The fourth-order valence-corrected chi connectivity index (χ4v) is 2.44. The van der Waals surface area contributed by atoms with E-state index in [0.717, 1.165) is 18.4 Å². The summed E-state index contributed by atoms with van der Waals surface area (Å²) in [6.45, 7) is 0.922. The maximum atomic E-state index is 12.2. The quantitative estimate of drug-likeness (QED) is 0.753. The third-order valence-corrected chi connectivity index (χ3v) is 3.77. The summed E-state index contributed by atoms with van der Waals surface area (Å²) in [7, 11) is 5.84. The maximum Gasteiger partial charge on any atom is 0.317 e. The van der Waals surface area contributed by atoms with E-state index in [1.807, 2.05) is 33.5 Å². The molecule has 0 aliphatic heterocycles. The first-order chi connectivity index (χ1) is 10.0. The summed E-state index contributed by atoms with van der Waals surface area (Å²) in [4.78, 5) is 16.0. The van der Waals surface area contributed by atoms with E-state index in [-0.39, 0.29) is 18.7 Å². The number of carbonyl (C=O) groups excluding carboxylic acids is 1. The van der Waals surface area contributed by atoms with Crippen LogP contribution < -0.4 is 5.32 Å². The average Bonchev–Trinajstić information content (AvgIpc) is 3.18. The molecule has 1 unspecified atom stereocenters. The van der Waals surface area contributed by atoms with Crippen molar-refractivity contribution in [3.8, 4) is 0 Å². The zero-order valence-corrected chi connectivity index (χ0v) is 13.0. The number of amides is 2. The van der Waals surface area contributed by atoms with Gasteiger partial charge in [-0.3, -0.25) is 4.68 Å². The van der Waals surface area contributed by atoms with Gasteiger partial charge in [0.15, 0.2) is 0 Å². The fraction of sp³-hybridized carbons (Fsp3) is 0.714. The number of nitrogens with one attached hydrogen (secondary N) is 1. The second-order valence-electron chi connectivity index (χ2n) is 5.76. The monoisotopic (exact) mass is 295 g/mol. The third-order valence-electron chi connectivity index (χ3n) is 3.77. The van der Waals surface area contributed by atoms with E-state index in [1.165, 1.54) is 0 Å². The van der Waals surface area contributed by atoms with E-state index in [9.17, 15) is 4.79 Å². The largest absolute Gasteiger partial charge is 0.395 e. The molecule has 1 saturated carbocycles. The van der Waals surface area contributed by atoms with Crippen LogP contribution in [0, 0.1) is 0 Å². The summed E-state index contributed by atoms with van der Waals surface area (Å²) in [5.74, 6) is 0. The molecule has 1 fully saturated rings. The molecule has 1 aliphatic rings. The van der Waals surface area contributed by atoms with Gasteiger partial charge in [-0.2, -0.15) is 5.10 Å². The van der Waals surface area contributed by atoms with Crippen molar-refractivity contribution in [1.82, 2.24) is 24.9 Å². The molecule has 1 heterocycles. The minimum Gasteiger partial charge on any atom is -0.395 e. The number of hydrogen-bond acceptors (Lipinski definition) is 4. The van der Waals surface area contributed by atoms with Gasteiger partial charge in [-0.15, -0.1) is 0 Å². The topological polar surface area (TPSA) is 73.6 Å². The molecule has 1 aromatic heterocycles. The lowest BCUT2D eigenvalue weighted by atomic mass is 10.1. The number of aliphatic hydroxyl groups excluding tert-OH is 1. The Morgan fingerprint density at radius 1 is 1.57 bits per heavy atom. The SMILES string of the molecule is CN(C)C(CNC(=O)N(CCO)C1CC1)c1cnn(C)c1. The average molecular weight is 295 g/mol. The van der Waals surface area contributed by atoms with Crippen molar-refractivity contribution in [2.24, 2.45) is 7.05 Å². The molecule has 0 bridgehead atoms. The van der Waals surface area contributed by atoms with Crippen LogP contribution in [0.5, 0.6) is 0 Å². The molecular formula is C14H25N5O2. The second-order valence-corrected chi connectivity index (χ2v) is 5.76. The van der Waals surface area contributed by atoms with Crippen molar-refractivity contribution < 1.29 is 9.90 Å². The first kappa shape index (κ1) is 15.8. The number of nitrogens with zero attached hydrogens (tertiary/aromatic N) is 4. The van der Waals surface area contributed by atoms with Gasteiger partial charge in [0.1, 0.15) is 0 Å². The molecule has 21 heavy (non-hydrogen) atoms. The Hall–Kier alpha value is -1.60. The van der Waals surface area contributed by atoms with Gasteiger partial charge in [0.05, 0.1) is 18.8 Å². The summed E-state index contributed by atoms with van der Waals surface area (Å²) < 4.78 is 1.76. The first-order valence-electron chi connectivity index (χ1n) is 7.33. The molecule has 0 saturated heterocycles. The van der Waals surface area contributed by atoms with Gasteiger partial charge in [0.2, 0.25) is 0 Å². The molecule has 0 aromatic carbocycles. The van der Waals surface area contributed by atoms with Crippen LogP contribution in [0.4, 0.5) is 4.79 Å². The Labute approximate surface area is 125 Å². The van der Waals surface area contributed by atoms with Crippen molar-refractivity contribution in [3.63, 3.8) is 0 Å². The Morgan fingerprint density at radius 2 is 2.29 bits per heavy atom. The number of urea groups is 1. The van der Waals surface area contributed by atoms with E-state index in [2.05, 4.69) is 15.3 Å². The highest BCUT2D eigenvalue weighted by Gasteiger charge is 2.32. The van der Waals surface area contributed by atoms with E-state index >= 15 is 0 Å². The molecule has 1 aromatic rings. The van der Waals surface area contributed by atoms with E-state index in [1.54, 1.807) is 9.58 Å². The lowest BCUT2D eigenvalue weighted by Gasteiger charge is -2.26. The van der Waals surface area contributed by atoms with E-state index < -0.39 is 0 Å². The zero-order valence-electron chi connectivity index (χ0n) is 13.0. The number of aryl methyl sites for hydroxylation is 1. The third kappa shape index (κ3) is 4.18. The molecule has 2 N–H and O–H groups in total. The van der Waals surface area contributed by atoms with Crippen LogP contribution >= 0.6 is 0 Å². The van der Waals surface area contributed by atoms with Gasteiger partial charge in [0.25, 0.3) is 0 Å². The molecule has 1 atom stereocenters. The highest BCUT2D eigenvalue weighted by molar-refractivity contribution is 5.75. The standard InChI is InChI=1S/C14H25N5O2/c1-17(2)13(11-8-16-18(3)10-11)9-15-14(21)19(6-7-20)12-4-5-12/h8,10,12-13,20H,4-7,9H2,1-3H3,(H,15,21). The number of likely N-dealkylation sites (N-methyl/N-ethyl adjacent to an activating group) is 1. The normalized spacial score (nSPS) is 16.0. The van der Waals surface area contributed by atoms with Gasteiger partial charge in [-0.1, -0.05) is 0 Å². The second kappa shape index (κ2) is 6.91. The van der Waals surface area contributed by atoms with Crippen LogP contribution in [0.2, 0.25) is 0 Å². The van der Waals surface area contributed by atoms with Crippen LogP contribution in [0.15, 0.2) is 12.4 Å². The number of carbonyl (C=O) groups is 1. The van der Waals surface area contributed by atoms with Crippen LogP contribution in [0.25, 0.3) is 0 Å². The number of aliphatic hydroxyl groups is 1. The van der Waals surface area contributed by atoms with Crippen LogP contribution in [0.1, 0.15) is 24.4 Å². The molecule has 2 amide bonds. The molecule has 7 nitrogen and oxygen atoms in total. The Bertz CT molecular complexity index is 470. The minimum atomic E-state index is -0.0951. The van der Waals surface area contributed by atoms with Crippen LogP contribution in [-0.4, -0.2) is 70.6 Å². The van der Waals surface area contributed by atoms with Gasteiger partial charge >= 0.3 is 6.03 Å². The lowest BCUT2D eigenvalue weighted by Crippen LogP contribution is -2.45. The van der Waals surface area contributed by atoms with Gasteiger partial charge in [0, 0.05) is 37.9 Å². The molecule has 0 spiro atoms. The molecular weight excluding hydrogens is 270 g/mol. The highest BCUT2D eigenvalue weighted by atomic mass is 16.3. The Morgan fingerprint density at radius 3 is 2.76 bits per heavy atom. The van der Waals surface area contributed by atoms with Crippen molar-refractivity contribution in [2.45, 2.75) is 24.9 Å². The van der Waals surface area contributed by atoms with Crippen molar-refractivity contribution >= 4 is 6.03 Å². The van der Waals surface area contributed by atoms with Crippen LogP contribution in [0.3, 0.4) is 0 Å². The van der Waals surface area contributed by atoms with Crippen LogP contribution in [-0.2, 0) is 7.05 Å². The molecule has 2 rings (SSSR count). The maximum absolute atomic E-state index is 12.2. The summed E-state index contributed by atoms with van der Waals surface area (Å²) in [5.41, 5.74) is 1.07. The molecule has 118 valence electrons. The predicted octanol–water partition coefficient (Wildman–Crippen LogP) is 0.189. The fourth-order valence-electron chi connectivity index (χ4n) is 2.44. The van der Waals surface area contributed by atoms with Gasteiger partial charge in [-0.05, 0) is 26.9 Å². The summed E-state index contributed by atoms with van der Waals surface area (Å²) >= 11 is 0. The molecule has 0 radical (unpaired) electrons. The number of hydrogen-bond donors (Lipinski definition) is 2. The lowest BCUT2D eigenvalue weighted by molar-refractivity contribution is 0.170. The highest BCUT2D eigenvalue weighted by Crippen LogP contribution is 2.26. The zero-order chi connectivity index (χ0) is 15.4. The Balaban J connectivity index is 1.93. The van der Waals surface area contributed by atoms with Crippen molar-refractivity contribution in [3.05, 3.63) is 18.0 Å². The summed E-state index contributed by atoms with van der Waals surface area (Å²) in [6.07, 6.45) is 5.85. The van der Waals surface area contributed by atoms with Gasteiger partial charge < -0.3 is 20.2 Å². The van der Waals surface area contributed by atoms with E-state index in [0.29, 0.717) is 19.1 Å². The molecule has 7 heteroatoms. The minimum absolute atomic E-state index is 0.00361. The first-order valence-corrected chi connectivity index (χ1v) is 7.33. The smallest absolute Gasteiger partial charge is 0.317 e. The van der Waals surface area contributed by atoms with Crippen molar-refractivity contribution in [2.75, 3.05) is 33.8 Å². The summed E-state index contributed by atoms with van der Waals surface area (Å²) in [5, 5.41) is 16.2. The summed E-state index contributed by atoms with van der Waals surface area (Å²) in [6, 6.07) is 0.286. The number of aromatic nitrogens is 2. The number of rotatable bonds is 7. The molecule has 1 aliphatic carbocycles. The predicted molar refractivity (Wildman–Crippen MR) is 79.8 cm³/mol. The van der Waals surface area contributed by atoms with E-state index in [4.69, 9.17) is 5.11 Å². The van der Waals surface area contributed by atoms with Crippen molar-refractivity contribution in [1.29, 1.82) is 0 Å². The Kier molecular flexibility index (Phi) is 5.19. The van der Waals surface area contributed by atoms with Gasteiger partial charge in [-0.25, -0.2) is 4.79 Å².